The second kappa shape index (κ2) is 8.69. The summed E-state index contributed by atoms with van der Waals surface area (Å²) < 4.78 is 5.61. The van der Waals surface area contributed by atoms with Gasteiger partial charge in [-0.15, -0.1) is 0 Å². The molecule has 0 spiro atoms. The molecule has 4 rings (SSSR count). The highest BCUT2D eigenvalue weighted by Crippen LogP contribution is 2.23. The fraction of sp³-hybridized carbons (Fsp3) is 0.208. The molecule has 1 aliphatic heterocycles. The van der Waals surface area contributed by atoms with Crippen LogP contribution in [0.3, 0.4) is 0 Å². The topological polar surface area (TPSA) is 53.6 Å². The lowest BCUT2D eigenvalue weighted by atomic mass is 10.2. The number of nitrogens with one attached hydrogen (secondary N) is 2. The fourth-order valence-corrected chi connectivity index (χ4v) is 3.44. The lowest BCUT2D eigenvalue weighted by Crippen LogP contribution is -2.26. The van der Waals surface area contributed by atoms with Gasteiger partial charge < -0.3 is 15.0 Å². The molecule has 1 amide bonds. The molecule has 0 aliphatic carbocycles. The SMILES string of the molecule is Cc1ccc(N2CCC(OC(=O)Nc3ccc(Nc4ccccc4)cc3)C2)cc1. The van der Waals surface area contributed by atoms with Gasteiger partial charge in [-0.1, -0.05) is 35.9 Å². The molecule has 0 bridgehead atoms. The number of ether oxygens (including phenoxy) is 1. The molecule has 29 heavy (non-hydrogen) atoms. The van der Waals surface area contributed by atoms with Gasteiger partial charge in [-0.2, -0.15) is 0 Å². The van der Waals surface area contributed by atoms with Crippen molar-refractivity contribution in [3.05, 3.63) is 84.4 Å². The summed E-state index contributed by atoms with van der Waals surface area (Å²) in [6.45, 7) is 3.69. The van der Waals surface area contributed by atoms with Gasteiger partial charge in [0, 0.05) is 35.7 Å². The van der Waals surface area contributed by atoms with E-state index in [0.29, 0.717) is 5.69 Å². The number of nitrogens with zero attached hydrogens (tertiary/aromatic N) is 1. The molecule has 0 aromatic heterocycles. The van der Waals surface area contributed by atoms with Crippen LogP contribution in [0.15, 0.2) is 78.9 Å². The molecule has 5 nitrogen and oxygen atoms in total. The molecular weight excluding hydrogens is 362 g/mol. The number of rotatable bonds is 5. The molecule has 1 unspecified atom stereocenters. The van der Waals surface area contributed by atoms with Crippen molar-refractivity contribution in [2.75, 3.05) is 28.6 Å². The molecule has 148 valence electrons. The summed E-state index contributed by atoms with van der Waals surface area (Å²) in [5.74, 6) is 0. The quantitative estimate of drug-likeness (QED) is 0.601. The first-order valence-corrected chi connectivity index (χ1v) is 9.87. The normalized spacial score (nSPS) is 15.8. The maximum Gasteiger partial charge on any atom is 0.411 e. The van der Waals surface area contributed by atoms with Gasteiger partial charge in [0.05, 0.1) is 6.54 Å². The minimum atomic E-state index is -0.412. The van der Waals surface area contributed by atoms with E-state index in [0.717, 1.165) is 30.9 Å². The Morgan fingerprint density at radius 3 is 2.28 bits per heavy atom. The van der Waals surface area contributed by atoms with Gasteiger partial charge in [-0.3, -0.25) is 5.32 Å². The molecule has 0 saturated carbocycles. The van der Waals surface area contributed by atoms with E-state index in [1.165, 1.54) is 11.3 Å². The van der Waals surface area contributed by atoms with Crippen LogP contribution < -0.4 is 15.5 Å². The summed E-state index contributed by atoms with van der Waals surface area (Å²) in [7, 11) is 0. The van der Waals surface area contributed by atoms with E-state index in [9.17, 15) is 4.79 Å². The standard InChI is InChI=1S/C24H25N3O2/c1-18-7-13-22(14-8-18)27-16-15-23(17-27)29-24(28)26-21-11-9-20(10-12-21)25-19-5-3-2-4-6-19/h2-14,23,25H,15-17H2,1H3,(H,26,28). The average Bonchev–Trinajstić information content (AvgIpc) is 3.19. The first kappa shape index (κ1) is 18.9. The molecule has 2 N–H and O–H groups in total. The summed E-state index contributed by atoms with van der Waals surface area (Å²) in [4.78, 5) is 14.5. The predicted octanol–water partition coefficient (Wildman–Crippen LogP) is 5.57. The summed E-state index contributed by atoms with van der Waals surface area (Å²) in [5.41, 5.74) is 5.10. The molecule has 0 radical (unpaired) electrons. The second-order valence-corrected chi connectivity index (χ2v) is 7.29. The molecule has 1 atom stereocenters. The van der Waals surface area contributed by atoms with E-state index >= 15 is 0 Å². The lowest BCUT2D eigenvalue weighted by Gasteiger charge is -2.19. The summed E-state index contributed by atoms with van der Waals surface area (Å²) in [5, 5.41) is 6.13. The number of hydrogen-bond acceptors (Lipinski definition) is 4. The van der Waals surface area contributed by atoms with E-state index in [1.807, 2.05) is 54.6 Å². The highest BCUT2D eigenvalue weighted by Gasteiger charge is 2.25. The Morgan fingerprint density at radius 1 is 0.897 bits per heavy atom. The maximum absolute atomic E-state index is 12.3. The Morgan fingerprint density at radius 2 is 1.55 bits per heavy atom. The van der Waals surface area contributed by atoms with Crippen molar-refractivity contribution in [3.63, 3.8) is 0 Å². The average molecular weight is 387 g/mol. The largest absolute Gasteiger partial charge is 0.444 e. The number of aryl methyl sites for hydroxylation is 1. The van der Waals surface area contributed by atoms with Crippen LogP contribution >= 0.6 is 0 Å². The Balaban J connectivity index is 1.27. The first-order chi connectivity index (χ1) is 14.2. The number of amides is 1. The molecule has 3 aromatic carbocycles. The second-order valence-electron chi connectivity index (χ2n) is 7.29. The fourth-order valence-electron chi connectivity index (χ4n) is 3.44. The maximum atomic E-state index is 12.3. The zero-order chi connectivity index (χ0) is 20.1. The van der Waals surface area contributed by atoms with E-state index < -0.39 is 6.09 Å². The first-order valence-electron chi connectivity index (χ1n) is 9.87. The minimum absolute atomic E-state index is 0.102. The van der Waals surface area contributed by atoms with Crippen molar-refractivity contribution < 1.29 is 9.53 Å². The third-order valence-corrected chi connectivity index (χ3v) is 5.01. The number of anilines is 4. The number of para-hydroxylation sites is 1. The van der Waals surface area contributed by atoms with Crippen LogP contribution in [-0.4, -0.2) is 25.3 Å². The molecular formula is C24H25N3O2. The number of hydrogen-bond donors (Lipinski definition) is 2. The van der Waals surface area contributed by atoms with Crippen LogP contribution in [0.4, 0.5) is 27.5 Å². The van der Waals surface area contributed by atoms with E-state index in [1.54, 1.807) is 0 Å². The van der Waals surface area contributed by atoms with Gasteiger partial charge in [0.25, 0.3) is 0 Å². The van der Waals surface area contributed by atoms with Crippen molar-refractivity contribution >= 4 is 28.8 Å². The van der Waals surface area contributed by atoms with E-state index in [-0.39, 0.29) is 6.10 Å². The van der Waals surface area contributed by atoms with Crippen molar-refractivity contribution in [2.45, 2.75) is 19.4 Å². The van der Waals surface area contributed by atoms with Gasteiger partial charge in [0.1, 0.15) is 6.10 Å². The number of benzene rings is 3. The van der Waals surface area contributed by atoms with Crippen LogP contribution in [0, 0.1) is 6.92 Å². The highest BCUT2D eigenvalue weighted by molar-refractivity contribution is 5.85. The Hall–Kier alpha value is -3.47. The zero-order valence-corrected chi connectivity index (χ0v) is 16.5. The zero-order valence-electron chi connectivity index (χ0n) is 16.5. The molecule has 1 fully saturated rings. The summed E-state index contributed by atoms with van der Waals surface area (Å²) in [6, 6.07) is 26.0. The van der Waals surface area contributed by atoms with Gasteiger partial charge in [0.2, 0.25) is 0 Å². The van der Waals surface area contributed by atoms with Crippen LogP contribution in [0.2, 0.25) is 0 Å². The minimum Gasteiger partial charge on any atom is -0.444 e. The third kappa shape index (κ3) is 5.08. The Bertz CT molecular complexity index is 940. The number of carbonyl (C=O) groups is 1. The smallest absolute Gasteiger partial charge is 0.411 e. The van der Waals surface area contributed by atoms with Crippen molar-refractivity contribution in [1.29, 1.82) is 0 Å². The molecule has 5 heteroatoms. The van der Waals surface area contributed by atoms with Crippen LogP contribution in [-0.2, 0) is 4.74 Å². The monoisotopic (exact) mass is 387 g/mol. The predicted molar refractivity (Wildman–Crippen MR) is 118 cm³/mol. The van der Waals surface area contributed by atoms with Crippen LogP contribution in [0.25, 0.3) is 0 Å². The summed E-state index contributed by atoms with van der Waals surface area (Å²) in [6.07, 6.45) is 0.321. The third-order valence-electron chi connectivity index (χ3n) is 5.01. The Kier molecular flexibility index (Phi) is 5.66. The Labute approximate surface area is 171 Å². The van der Waals surface area contributed by atoms with Gasteiger partial charge in [-0.25, -0.2) is 4.79 Å². The summed E-state index contributed by atoms with van der Waals surface area (Å²) >= 11 is 0. The molecule has 1 aliphatic rings. The van der Waals surface area contributed by atoms with Crippen LogP contribution in [0.5, 0.6) is 0 Å². The van der Waals surface area contributed by atoms with E-state index in [2.05, 4.69) is 46.7 Å². The van der Waals surface area contributed by atoms with Gasteiger partial charge >= 0.3 is 6.09 Å². The number of carbonyl (C=O) groups excluding carboxylic acids is 1. The molecule has 3 aromatic rings. The highest BCUT2D eigenvalue weighted by atomic mass is 16.6. The molecule has 1 saturated heterocycles. The lowest BCUT2D eigenvalue weighted by molar-refractivity contribution is 0.122. The molecule has 1 heterocycles. The van der Waals surface area contributed by atoms with Crippen molar-refractivity contribution in [1.82, 2.24) is 0 Å². The van der Waals surface area contributed by atoms with Crippen molar-refractivity contribution in [3.8, 4) is 0 Å². The van der Waals surface area contributed by atoms with Crippen LogP contribution in [0.1, 0.15) is 12.0 Å². The van der Waals surface area contributed by atoms with Crippen molar-refractivity contribution in [2.24, 2.45) is 0 Å². The van der Waals surface area contributed by atoms with Gasteiger partial charge in [0.15, 0.2) is 0 Å². The van der Waals surface area contributed by atoms with Gasteiger partial charge in [-0.05, 0) is 55.5 Å². The van der Waals surface area contributed by atoms with E-state index in [4.69, 9.17) is 4.74 Å².